The molecule has 0 aliphatic carbocycles. The molecule has 1 heterocycles. The number of hydrogen-bond acceptors (Lipinski definition) is 4. The first kappa shape index (κ1) is 20.5. The number of urea groups is 1. The Bertz CT molecular complexity index is 296. The first-order valence-electron chi connectivity index (χ1n) is 5.79. The zero-order valence-electron chi connectivity index (χ0n) is 11.0. The van der Waals surface area contributed by atoms with Crippen molar-refractivity contribution in [3.05, 3.63) is 12.7 Å². The van der Waals surface area contributed by atoms with Crippen molar-refractivity contribution < 1.29 is 9.59 Å². The molecule has 3 amide bonds. The van der Waals surface area contributed by atoms with Gasteiger partial charge < -0.3 is 10.6 Å². The summed E-state index contributed by atoms with van der Waals surface area (Å²) in [5.74, 6) is -0.270. The molecule has 1 unspecified atom stereocenters. The van der Waals surface area contributed by atoms with Crippen LogP contribution in [0, 0.1) is 0 Å². The second kappa shape index (κ2) is 11.0. The first-order valence-corrected chi connectivity index (χ1v) is 5.79. The number of nitrogens with zero attached hydrogens (tertiary/aromatic N) is 1. The van der Waals surface area contributed by atoms with Crippen LogP contribution in [0.2, 0.25) is 0 Å². The van der Waals surface area contributed by atoms with Crippen molar-refractivity contribution in [1.29, 1.82) is 0 Å². The minimum absolute atomic E-state index is 0. The highest BCUT2D eigenvalue weighted by Crippen LogP contribution is 2.00. The molecule has 1 saturated heterocycles. The molecule has 6 nitrogen and oxygen atoms in total. The van der Waals surface area contributed by atoms with E-state index in [1.54, 1.807) is 13.0 Å². The van der Waals surface area contributed by atoms with Crippen molar-refractivity contribution >= 4 is 36.8 Å². The Morgan fingerprint density at radius 1 is 1.37 bits per heavy atom. The van der Waals surface area contributed by atoms with E-state index in [2.05, 4.69) is 22.5 Å². The molecule has 3 N–H and O–H groups in total. The smallest absolute Gasteiger partial charge is 0.321 e. The molecule has 0 aromatic rings. The summed E-state index contributed by atoms with van der Waals surface area (Å²) in [6, 6.07) is -0.761. The molecule has 0 aromatic carbocycles. The summed E-state index contributed by atoms with van der Waals surface area (Å²) in [4.78, 5) is 25.1. The van der Waals surface area contributed by atoms with E-state index in [9.17, 15) is 9.59 Å². The normalized spacial score (nSPS) is 16.3. The fourth-order valence-electron chi connectivity index (χ4n) is 1.66. The van der Waals surface area contributed by atoms with Gasteiger partial charge in [0.25, 0.3) is 0 Å². The van der Waals surface area contributed by atoms with Crippen LogP contribution in [0.5, 0.6) is 0 Å². The molecular formula is C11H22Cl2N4O2. The van der Waals surface area contributed by atoms with Crippen LogP contribution >= 0.6 is 24.8 Å². The van der Waals surface area contributed by atoms with Crippen LogP contribution in [0.25, 0.3) is 0 Å². The van der Waals surface area contributed by atoms with Gasteiger partial charge in [0.1, 0.15) is 0 Å². The third-order valence-corrected chi connectivity index (χ3v) is 2.72. The number of halogens is 2. The number of hydrogen-bond donors (Lipinski definition) is 3. The number of amides is 3. The maximum absolute atomic E-state index is 11.8. The van der Waals surface area contributed by atoms with Gasteiger partial charge in [0.2, 0.25) is 5.91 Å². The van der Waals surface area contributed by atoms with Gasteiger partial charge in [-0.25, -0.2) is 4.79 Å². The zero-order chi connectivity index (χ0) is 12.7. The van der Waals surface area contributed by atoms with E-state index in [0.717, 1.165) is 26.2 Å². The summed E-state index contributed by atoms with van der Waals surface area (Å²) in [6.07, 6.45) is 1.56. The lowest BCUT2D eigenvalue weighted by Crippen LogP contribution is -2.54. The summed E-state index contributed by atoms with van der Waals surface area (Å²) >= 11 is 0. The Morgan fingerprint density at radius 3 is 2.47 bits per heavy atom. The second-order valence-corrected chi connectivity index (χ2v) is 3.95. The van der Waals surface area contributed by atoms with Crippen LogP contribution in [0.15, 0.2) is 12.7 Å². The Kier molecular flexibility index (Phi) is 11.9. The van der Waals surface area contributed by atoms with Crippen LogP contribution in [0.3, 0.4) is 0 Å². The van der Waals surface area contributed by atoms with Gasteiger partial charge in [-0.15, -0.1) is 31.4 Å². The van der Waals surface area contributed by atoms with E-state index >= 15 is 0 Å². The van der Waals surface area contributed by atoms with E-state index in [1.165, 1.54) is 0 Å². The maximum Gasteiger partial charge on any atom is 0.321 e. The van der Waals surface area contributed by atoms with Crippen LogP contribution in [-0.4, -0.2) is 55.6 Å². The Morgan fingerprint density at radius 2 is 1.95 bits per heavy atom. The van der Waals surface area contributed by atoms with Gasteiger partial charge in [0, 0.05) is 32.7 Å². The summed E-state index contributed by atoms with van der Waals surface area (Å²) in [5.41, 5.74) is 0. The number of nitrogens with one attached hydrogen (secondary N) is 3. The summed E-state index contributed by atoms with van der Waals surface area (Å²) < 4.78 is 0. The van der Waals surface area contributed by atoms with Gasteiger partial charge in [0.05, 0.1) is 6.04 Å². The summed E-state index contributed by atoms with van der Waals surface area (Å²) in [5, 5.41) is 8.03. The Balaban J connectivity index is 0. The van der Waals surface area contributed by atoms with Crippen molar-refractivity contribution in [2.45, 2.75) is 13.0 Å². The topological polar surface area (TPSA) is 73.5 Å². The number of carbonyl (C=O) groups is 2. The van der Waals surface area contributed by atoms with Crippen molar-refractivity contribution in [3.8, 4) is 0 Å². The quantitative estimate of drug-likeness (QED) is 0.645. The molecule has 0 radical (unpaired) electrons. The SMILES string of the molecule is C=CCNC(=O)NC(=O)C(C)N1CCNCC1.Cl.Cl. The number of rotatable bonds is 4. The van der Waals surface area contributed by atoms with Crippen LogP contribution in [0.4, 0.5) is 4.79 Å². The van der Waals surface area contributed by atoms with Crippen molar-refractivity contribution in [1.82, 2.24) is 20.9 Å². The molecular weight excluding hydrogens is 291 g/mol. The zero-order valence-corrected chi connectivity index (χ0v) is 12.6. The third kappa shape index (κ3) is 7.37. The minimum atomic E-state index is -0.475. The highest BCUT2D eigenvalue weighted by Gasteiger charge is 2.23. The number of imide groups is 1. The molecule has 8 heteroatoms. The third-order valence-electron chi connectivity index (χ3n) is 2.72. The van der Waals surface area contributed by atoms with E-state index in [0.29, 0.717) is 6.54 Å². The first-order chi connectivity index (χ1) is 8.15. The second-order valence-electron chi connectivity index (χ2n) is 3.95. The fraction of sp³-hybridized carbons (Fsp3) is 0.636. The van der Waals surface area contributed by atoms with Crippen molar-refractivity contribution in [3.63, 3.8) is 0 Å². The largest absolute Gasteiger partial charge is 0.334 e. The standard InChI is InChI=1S/C11H20N4O2.2ClH/c1-3-4-13-11(17)14-10(16)9(2)15-7-5-12-6-8-15;;/h3,9,12H,1,4-8H2,2H3,(H2,13,14,16,17);2*1H. The number of carbonyl (C=O) groups excluding carboxylic acids is 2. The molecule has 19 heavy (non-hydrogen) atoms. The molecule has 1 aliphatic heterocycles. The minimum Gasteiger partial charge on any atom is -0.334 e. The van der Waals surface area contributed by atoms with Crippen molar-refractivity contribution in [2.24, 2.45) is 0 Å². The molecule has 1 atom stereocenters. The molecule has 0 bridgehead atoms. The van der Waals surface area contributed by atoms with E-state index in [4.69, 9.17) is 0 Å². The maximum atomic E-state index is 11.8. The average Bonchev–Trinajstić information content (AvgIpc) is 2.36. The molecule has 0 saturated carbocycles. The van der Waals surface area contributed by atoms with Crippen LogP contribution in [-0.2, 0) is 4.79 Å². The van der Waals surface area contributed by atoms with Gasteiger partial charge in [-0.1, -0.05) is 6.08 Å². The lowest BCUT2D eigenvalue weighted by molar-refractivity contribution is -0.124. The van der Waals surface area contributed by atoms with Gasteiger partial charge >= 0.3 is 6.03 Å². The average molecular weight is 313 g/mol. The monoisotopic (exact) mass is 312 g/mol. The van der Waals surface area contributed by atoms with Gasteiger partial charge in [0.15, 0.2) is 0 Å². The summed E-state index contributed by atoms with van der Waals surface area (Å²) in [7, 11) is 0. The van der Waals surface area contributed by atoms with Crippen LogP contribution in [0.1, 0.15) is 6.92 Å². The molecule has 0 aromatic heterocycles. The van der Waals surface area contributed by atoms with E-state index in [-0.39, 0.29) is 36.8 Å². The van der Waals surface area contributed by atoms with E-state index < -0.39 is 6.03 Å². The lowest BCUT2D eigenvalue weighted by atomic mass is 10.2. The van der Waals surface area contributed by atoms with E-state index in [1.807, 2.05) is 4.90 Å². The molecule has 1 rings (SSSR count). The molecule has 1 aliphatic rings. The van der Waals surface area contributed by atoms with Gasteiger partial charge in [-0.2, -0.15) is 0 Å². The predicted molar refractivity (Wildman–Crippen MR) is 80.1 cm³/mol. The predicted octanol–water partition coefficient (Wildman–Crippen LogP) is 0.135. The molecule has 1 fully saturated rings. The van der Waals surface area contributed by atoms with Crippen LogP contribution < -0.4 is 16.0 Å². The highest BCUT2D eigenvalue weighted by atomic mass is 35.5. The fourth-order valence-corrected chi connectivity index (χ4v) is 1.66. The van der Waals surface area contributed by atoms with Gasteiger partial charge in [-0.3, -0.25) is 15.0 Å². The van der Waals surface area contributed by atoms with Gasteiger partial charge in [-0.05, 0) is 6.92 Å². The Labute approximate surface area is 126 Å². The lowest BCUT2D eigenvalue weighted by Gasteiger charge is -2.31. The Hall–Kier alpha value is -0.820. The summed E-state index contributed by atoms with van der Waals surface area (Å²) in [6.45, 7) is 9.03. The van der Waals surface area contributed by atoms with Crippen molar-refractivity contribution in [2.75, 3.05) is 32.7 Å². The number of piperazine rings is 1. The molecule has 112 valence electrons. The highest BCUT2D eigenvalue weighted by molar-refractivity contribution is 5.96. The molecule has 0 spiro atoms.